The van der Waals surface area contributed by atoms with E-state index in [4.69, 9.17) is 9.47 Å². The number of nitrogens with zero attached hydrogens (tertiary/aromatic N) is 2. The molecule has 0 saturated carbocycles. The summed E-state index contributed by atoms with van der Waals surface area (Å²) in [6, 6.07) is 1.61. The molecule has 6 heteroatoms. The van der Waals surface area contributed by atoms with Crippen molar-refractivity contribution < 1.29 is 14.3 Å². The van der Waals surface area contributed by atoms with E-state index in [-0.39, 0.29) is 12.0 Å². The second-order valence-electron chi connectivity index (χ2n) is 4.29. The van der Waals surface area contributed by atoms with Crippen LogP contribution in [0.1, 0.15) is 24.2 Å². The van der Waals surface area contributed by atoms with Gasteiger partial charge in [-0.1, -0.05) is 0 Å². The molecule has 0 bridgehead atoms. The summed E-state index contributed by atoms with van der Waals surface area (Å²) in [6.45, 7) is 4.61. The van der Waals surface area contributed by atoms with Gasteiger partial charge in [0.25, 0.3) is 5.91 Å². The predicted octanol–water partition coefficient (Wildman–Crippen LogP) is 0.358. The Morgan fingerprint density at radius 3 is 3.00 bits per heavy atom. The third kappa shape index (κ3) is 3.21. The van der Waals surface area contributed by atoms with Gasteiger partial charge in [0, 0.05) is 6.54 Å². The van der Waals surface area contributed by atoms with Gasteiger partial charge < -0.3 is 14.8 Å². The zero-order chi connectivity index (χ0) is 12.3. The highest BCUT2D eigenvalue weighted by Crippen LogP contribution is 2.21. The molecule has 0 aromatic carbocycles. The second kappa shape index (κ2) is 4.77. The predicted molar refractivity (Wildman–Crippen MR) is 59.3 cm³/mol. The van der Waals surface area contributed by atoms with Crippen molar-refractivity contribution in [2.45, 2.75) is 25.7 Å². The van der Waals surface area contributed by atoms with E-state index in [1.807, 2.05) is 13.8 Å². The fourth-order valence-electron chi connectivity index (χ4n) is 1.60. The fraction of sp³-hybridized carbons (Fsp3) is 0.545. The van der Waals surface area contributed by atoms with E-state index in [2.05, 4.69) is 15.5 Å². The average Bonchev–Trinajstić information content (AvgIpc) is 2.67. The Labute approximate surface area is 99.3 Å². The van der Waals surface area contributed by atoms with Crippen molar-refractivity contribution in [3.8, 4) is 0 Å². The van der Waals surface area contributed by atoms with Gasteiger partial charge in [0.15, 0.2) is 5.79 Å². The molecular formula is C11H15N3O3. The first kappa shape index (κ1) is 11.9. The zero-order valence-electron chi connectivity index (χ0n) is 9.84. The minimum atomic E-state index is -0.562. The van der Waals surface area contributed by atoms with E-state index in [1.165, 1.54) is 12.4 Å². The molecule has 0 radical (unpaired) electrons. The molecule has 1 saturated heterocycles. The Kier molecular flexibility index (Phi) is 3.35. The monoisotopic (exact) mass is 237 g/mol. The topological polar surface area (TPSA) is 73.3 Å². The molecule has 1 aromatic heterocycles. The van der Waals surface area contributed by atoms with Gasteiger partial charge in [0.05, 0.1) is 24.6 Å². The largest absolute Gasteiger partial charge is 0.349 e. The quantitative estimate of drug-likeness (QED) is 0.821. The second-order valence-corrected chi connectivity index (χ2v) is 4.29. The van der Waals surface area contributed by atoms with Crippen LogP contribution in [-0.2, 0) is 9.47 Å². The molecule has 1 fully saturated rings. The summed E-state index contributed by atoms with van der Waals surface area (Å²) < 4.78 is 11.0. The Morgan fingerprint density at radius 1 is 1.59 bits per heavy atom. The number of ether oxygens (including phenoxy) is 2. The molecule has 92 valence electrons. The molecule has 1 amide bonds. The van der Waals surface area contributed by atoms with Crippen LogP contribution in [0.5, 0.6) is 0 Å². The van der Waals surface area contributed by atoms with Crippen LogP contribution in [0, 0.1) is 0 Å². The van der Waals surface area contributed by atoms with Crippen LogP contribution in [0.3, 0.4) is 0 Å². The van der Waals surface area contributed by atoms with E-state index in [0.29, 0.717) is 18.7 Å². The summed E-state index contributed by atoms with van der Waals surface area (Å²) in [4.78, 5) is 11.7. The molecule has 17 heavy (non-hydrogen) atoms. The molecule has 1 aromatic rings. The first-order chi connectivity index (χ1) is 8.07. The highest BCUT2D eigenvalue weighted by molar-refractivity contribution is 5.93. The van der Waals surface area contributed by atoms with Crippen molar-refractivity contribution in [2.75, 3.05) is 13.2 Å². The standard InChI is InChI=1S/C11H15N3O3/c1-11(2)16-7-9(17-11)6-12-10(15)8-3-4-13-14-5-8/h3-5,9H,6-7H2,1-2H3,(H,12,15). The highest BCUT2D eigenvalue weighted by Gasteiger charge is 2.32. The number of carbonyl (C=O) groups is 1. The SMILES string of the molecule is CC1(C)OCC(CNC(=O)c2ccnnc2)O1. The van der Waals surface area contributed by atoms with Crippen molar-refractivity contribution >= 4 is 5.91 Å². The third-order valence-electron chi connectivity index (χ3n) is 2.40. The first-order valence-corrected chi connectivity index (χ1v) is 5.43. The Hall–Kier alpha value is -1.53. The number of aromatic nitrogens is 2. The van der Waals surface area contributed by atoms with E-state index in [9.17, 15) is 4.79 Å². The van der Waals surface area contributed by atoms with Crippen molar-refractivity contribution in [3.63, 3.8) is 0 Å². The molecule has 2 rings (SSSR count). The van der Waals surface area contributed by atoms with Crippen LogP contribution < -0.4 is 5.32 Å². The lowest BCUT2D eigenvalue weighted by Gasteiger charge is -2.17. The first-order valence-electron chi connectivity index (χ1n) is 5.43. The maximum absolute atomic E-state index is 11.7. The molecule has 1 aliphatic heterocycles. The maximum atomic E-state index is 11.7. The summed E-state index contributed by atoms with van der Waals surface area (Å²) >= 11 is 0. The summed E-state index contributed by atoms with van der Waals surface area (Å²) in [6.07, 6.45) is 2.79. The van der Waals surface area contributed by atoms with Gasteiger partial charge in [-0.25, -0.2) is 0 Å². The van der Waals surface area contributed by atoms with E-state index in [0.717, 1.165) is 0 Å². The van der Waals surface area contributed by atoms with Gasteiger partial charge >= 0.3 is 0 Å². The van der Waals surface area contributed by atoms with Crippen LogP contribution in [0.25, 0.3) is 0 Å². The lowest BCUT2D eigenvalue weighted by atomic mass is 10.3. The van der Waals surface area contributed by atoms with Gasteiger partial charge in [-0.15, -0.1) is 0 Å². The molecule has 1 N–H and O–H groups in total. The molecule has 2 heterocycles. The van der Waals surface area contributed by atoms with Crippen LogP contribution in [-0.4, -0.2) is 41.1 Å². The molecule has 6 nitrogen and oxygen atoms in total. The average molecular weight is 237 g/mol. The number of hydrogen-bond donors (Lipinski definition) is 1. The normalized spacial score (nSPS) is 22.4. The Morgan fingerprint density at radius 2 is 2.41 bits per heavy atom. The number of rotatable bonds is 3. The van der Waals surface area contributed by atoms with Gasteiger partial charge in [-0.2, -0.15) is 10.2 Å². The number of carbonyl (C=O) groups excluding carboxylic acids is 1. The minimum Gasteiger partial charge on any atom is -0.349 e. The van der Waals surface area contributed by atoms with Crippen LogP contribution in [0.2, 0.25) is 0 Å². The van der Waals surface area contributed by atoms with Crippen molar-refractivity contribution in [3.05, 3.63) is 24.0 Å². The van der Waals surface area contributed by atoms with Gasteiger partial charge in [-0.05, 0) is 19.9 Å². The van der Waals surface area contributed by atoms with Crippen LogP contribution >= 0.6 is 0 Å². The lowest BCUT2D eigenvalue weighted by Crippen LogP contribution is -2.34. The summed E-state index contributed by atoms with van der Waals surface area (Å²) in [5.41, 5.74) is 0.484. The molecule has 1 aliphatic rings. The van der Waals surface area contributed by atoms with Gasteiger partial charge in [0.2, 0.25) is 0 Å². The lowest BCUT2D eigenvalue weighted by molar-refractivity contribution is -0.137. The zero-order valence-corrected chi connectivity index (χ0v) is 9.84. The number of nitrogens with one attached hydrogen (secondary N) is 1. The van der Waals surface area contributed by atoms with Crippen molar-refractivity contribution in [1.82, 2.24) is 15.5 Å². The van der Waals surface area contributed by atoms with Crippen LogP contribution in [0.15, 0.2) is 18.5 Å². The van der Waals surface area contributed by atoms with Gasteiger partial charge in [-0.3, -0.25) is 4.79 Å². The molecule has 0 aliphatic carbocycles. The van der Waals surface area contributed by atoms with Crippen LogP contribution in [0.4, 0.5) is 0 Å². The summed E-state index contributed by atoms with van der Waals surface area (Å²) in [5, 5.41) is 10.0. The summed E-state index contributed by atoms with van der Waals surface area (Å²) in [7, 11) is 0. The van der Waals surface area contributed by atoms with Gasteiger partial charge in [0.1, 0.15) is 6.10 Å². The van der Waals surface area contributed by atoms with E-state index >= 15 is 0 Å². The molecule has 1 atom stereocenters. The minimum absolute atomic E-state index is 0.108. The van der Waals surface area contributed by atoms with E-state index in [1.54, 1.807) is 6.07 Å². The Bertz CT molecular complexity index is 394. The molecular weight excluding hydrogens is 222 g/mol. The Balaban J connectivity index is 1.82. The molecule has 0 spiro atoms. The highest BCUT2D eigenvalue weighted by atomic mass is 16.7. The number of amides is 1. The smallest absolute Gasteiger partial charge is 0.253 e. The number of hydrogen-bond acceptors (Lipinski definition) is 5. The summed E-state index contributed by atoms with van der Waals surface area (Å²) in [5.74, 6) is -0.749. The maximum Gasteiger partial charge on any atom is 0.253 e. The van der Waals surface area contributed by atoms with Crippen molar-refractivity contribution in [2.24, 2.45) is 0 Å². The third-order valence-corrected chi connectivity index (χ3v) is 2.40. The van der Waals surface area contributed by atoms with Crippen molar-refractivity contribution in [1.29, 1.82) is 0 Å². The fourth-order valence-corrected chi connectivity index (χ4v) is 1.60. The molecule has 1 unspecified atom stereocenters. The van der Waals surface area contributed by atoms with E-state index < -0.39 is 5.79 Å².